The maximum Gasteiger partial charge on any atom is 0.279 e. The van der Waals surface area contributed by atoms with Gasteiger partial charge in [0.25, 0.3) is 5.91 Å². The molecule has 0 aliphatic carbocycles. The van der Waals surface area contributed by atoms with Crippen molar-refractivity contribution in [3.05, 3.63) is 58.6 Å². The second-order valence-corrected chi connectivity index (χ2v) is 9.17. The quantitative estimate of drug-likeness (QED) is 0.629. The van der Waals surface area contributed by atoms with Crippen molar-refractivity contribution in [3.63, 3.8) is 0 Å². The van der Waals surface area contributed by atoms with Gasteiger partial charge in [-0.2, -0.15) is 0 Å². The number of amides is 1. The minimum Gasteiger partial charge on any atom is -0.324 e. The van der Waals surface area contributed by atoms with Crippen LogP contribution < -0.4 is 10.2 Å². The first kappa shape index (κ1) is 20.5. The fraction of sp³-hybridized carbons (Fsp3) is 0.391. The molecule has 0 aliphatic heterocycles. The van der Waals surface area contributed by atoms with Crippen LogP contribution in [-0.4, -0.2) is 24.5 Å². The molecule has 1 atom stereocenters. The summed E-state index contributed by atoms with van der Waals surface area (Å²) in [5.41, 5.74) is 4.42. The summed E-state index contributed by atoms with van der Waals surface area (Å²) in [6, 6.07) is 14.5. The Bertz CT molecular complexity index is 902. The van der Waals surface area contributed by atoms with Gasteiger partial charge < -0.3 is 10.2 Å². The average molecular weight is 397 g/mol. The van der Waals surface area contributed by atoms with Crippen molar-refractivity contribution in [2.24, 2.45) is 0 Å². The molecule has 1 aromatic heterocycles. The molecule has 1 heterocycles. The number of hydrogen-bond donors (Lipinski definition) is 2. The molecular weight excluding hydrogens is 366 g/mol. The largest absolute Gasteiger partial charge is 0.324 e. The van der Waals surface area contributed by atoms with Crippen molar-refractivity contribution in [3.8, 4) is 0 Å². The van der Waals surface area contributed by atoms with Crippen molar-refractivity contribution >= 4 is 33.1 Å². The topological polar surface area (TPSA) is 46.4 Å². The van der Waals surface area contributed by atoms with Gasteiger partial charge in [0.05, 0.1) is 17.3 Å². The molecule has 0 spiro atoms. The number of benzene rings is 2. The maximum absolute atomic E-state index is 12.8. The average Bonchev–Trinajstić information content (AvgIpc) is 3.03. The summed E-state index contributed by atoms with van der Waals surface area (Å²) in [5.74, 6) is 0.775. The number of fused-ring (bicyclic) bond motifs is 1. The summed E-state index contributed by atoms with van der Waals surface area (Å²) < 4.78 is 1.20. The third-order valence-corrected chi connectivity index (χ3v) is 5.93. The standard InChI is InChI=1S/C23H29N3OS/c1-15(2)17-9-8-10-18(16(3)4)23(17)25-21(27)13-26(5)14-22-24-19-11-6-7-12-20(19)28-22/h6-12,15-16H,13-14H2,1-5H3,(H,25,27)/p+1. The molecule has 0 bridgehead atoms. The van der Waals surface area contributed by atoms with Gasteiger partial charge in [-0.1, -0.05) is 58.0 Å². The third-order valence-electron chi connectivity index (χ3n) is 4.89. The lowest BCUT2D eigenvalue weighted by Gasteiger charge is -2.21. The molecule has 28 heavy (non-hydrogen) atoms. The van der Waals surface area contributed by atoms with Crippen LogP contribution in [0, 0.1) is 0 Å². The lowest BCUT2D eigenvalue weighted by molar-refractivity contribution is -0.885. The van der Waals surface area contributed by atoms with Crippen LogP contribution in [0.25, 0.3) is 10.2 Å². The molecule has 5 heteroatoms. The molecule has 1 unspecified atom stereocenters. The van der Waals surface area contributed by atoms with Crippen LogP contribution in [0.2, 0.25) is 0 Å². The lowest BCUT2D eigenvalue weighted by atomic mass is 9.92. The highest BCUT2D eigenvalue weighted by Crippen LogP contribution is 2.32. The molecule has 0 radical (unpaired) electrons. The van der Waals surface area contributed by atoms with Gasteiger partial charge in [0.2, 0.25) is 0 Å². The van der Waals surface area contributed by atoms with E-state index < -0.39 is 0 Å². The zero-order chi connectivity index (χ0) is 20.3. The number of quaternary nitrogens is 1. The van der Waals surface area contributed by atoms with E-state index in [0.29, 0.717) is 18.4 Å². The van der Waals surface area contributed by atoms with Gasteiger partial charge in [-0.3, -0.25) is 4.79 Å². The van der Waals surface area contributed by atoms with E-state index in [-0.39, 0.29) is 5.91 Å². The zero-order valence-corrected chi connectivity index (χ0v) is 18.2. The highest BCUT2D eigenvalue weighted by atomic mass is 32.1. The fourth-order valence-corrected chi connectivity index (χ4v) is 4.55. The lowest BCUT2D eigenvalue weighted by Crippen LogP contribution is -3.08. The smallest absolute Gasteiger partial charge is 0.279 e. The molecule has 0 saturated heterocycles. The van der Waals surface area contributed by atoms with Crippen LogP contribution in [-0.2, 0) is 11.3 Å². The number of rotatable bonds is 7. The molecule has 2 aromatic carbocycles. The second-order valence-electron chi connectivity index (χ2n) is 8.06. The zero-order valence-electron chi connectivity index (χ0n) is 17.4. The predicted octanol–water partition coefficient (Wildman–Crippen LogP) is 4.20. The molecule has 148 valence electrons. The van der Waals surface area contributed by atoms with Crippen LogP contribution in [0.5, 0.6) is 0 Å². The first-order chi connectivity index (χ1) is 13.3. The van der Waals surface area contributed by atoms with E-state index in [0.717, 1.165) is 27.7 Å². The second kappa shape index (κ2) is 8.84. The van der Waals surface area contributed by atoms with E-state index in [1.807, 2.05) is 25.2 Å². The van der Waals surface area contributed by atoms with E-state index >= 15 is 0 Å². The predicted molar refractivity (Wildman–Crippen MR) is 118 cm³/mol. The highest BCUT2D eigenvalue weighted by Gasteiger charge is 2.18. The van der Waals surface area contributed by atoms with E-state index in [9.17, 15) is 4.79 Å². The Balaban J connectivity index is 1.69. The molecule has 0 saturated carbocycles. The number of carbonyl (C=O) groups excluding carboxylic acids is 1. The fourth-order valence-electron chi connectivity index (χ4n) is 3.47. The van der Waals surface area contributed by atoms with Crippen molar-refractivity contribution in [1.82, 2.24) is 4.98 Å². The molecular formula is C23H30N3OS+. The Labute approximate surface area is 171 Å². The minimum atomic E-state index is 0.0496. The summed E-state index contributed by atoms with van der Waals surface area (Å²) in [6.45, 7) is 9.83. The van der Waals surface area contributed by atoms with E-state index in [1.165, 1.54) is 15.8 Å². The van der Waals surface area contributed by atoms with Crippen LogP contribution in [0.4, 0.5) is 5.69 Å². The summed E-state index contributed by atoms with van der Waals surface area (Å²) in [5, 5.41) is 4.27. The molecule has 1 amide bonds. The minimum absolute atomic E-state index is 0.0496. The number of carbonyl (C=O) groups is 1. The molecule has 3 rings (SSSR count). The monoisotopic (exact) mass is 396 g/mol. The van der Waals surface area contributed by atoms with Gasteiger partial charge in [-0.25, -0.2) is 4.98 Å². The van der Waals surface area contributed by atoms with Gasteiger partial charge in [-0.05, 0) is 35.1 Å². The summed E-state index contributed by atoms with van der Waals surface area (Å²) in [6.07, 6.45) is 0. The normalized spacial score (nSPS) is 12.7. The number of anilines is 1. The Morgan fingerprint density at radius 3 is 2.29 bits per heavy atom. The van der Waals surface area contributed by atoms with E-state index in [2.05, 4.69) is 62.3 Å². The van der Waals surface area contributed by atoms with Gasteiger partial charge >= 0.3 is 0 Å². The molecule has 0 fully saturated rings. The van der Waals surface area contributed by atoms with Crippen molar-refractivity contribution in [2.75, 3.05) is 18.9 Å². The van der Waals surface area contributed by atoms with E-state index in [1.54, 1.807) is 11.3 Å². The number of nitrogens with one attached hydrogen (secondary N) is 2. The molecule has 0 aliphatic rings. The van der Waals surface area contributed by atoms with Crippen LogP contribution in [0.1, 0.15) is 55.7 Å². The first-order valence-electron chi connectivity index (χ1n) is 9.93. The van der Waals surface area contributed by atoms with Crippen molar-refractivity contribution < 1.29 is 9.69 Å². The number of likely N-dealkylation sites (N-methyl/N-ethyl adjacent to an activating group) is 1. The SMILES string of the molecule is CC(C)c1cccc(C(C)C)c1NC(=O)C[NH+](C)Cc1nc2ccccc2s1. The summed E-state index contributed by atoms with van der Waals surface area (Å²) in [7, 11) is 2.04. The van der Waals surface area contributed by atoms with Crippen LogP contribution in [0.15, 0.2) is 42.5 Å². The van der Waals surface area contributed by atoms with Crippen LogP contribution >= 0.6 is 11.3 Å². The number of nitrogens with zero attached hydrogens (tertiary/aromatic N) is 1. The molecule has 2 N–H and O–H groups in total. The van der Waals surface area contributed by atoms with Crippen molar-refractivity contribution in [1.29, 1.82) is 0 Å². The van der Waals surface area contributed by atoms with Crippen molar-refractivity contribution in [2.45, 2.75) is 46.1 Å². The van der Waals surface area contributed by atoms with E-state index in [4.69, 9.17) is 0 Å². The van der Waals surface area contributed by atoms with Gasteiger partial charge in [-0.15, -0.1) is 11.3 Å². The van der Waals surface area contributed by atoms with Gasteiger partial charge in [0.1, 0.15) is 11.6 Å². The summed E-state index contributed by atoms with van der Waals surface area (Å²) in [4.78, 5) is 18.6. The molecule has 4 nitrogen and oxygen atoms in total. The van der Waals surface area contributed by atoms with Crippen LogP contribution in [0.3, 0.4) is 0 Å². The number of aromatic nitrogens is 1. The Hall–Kier alpha value is -2.24. The first-order valence-corrected chi connectivity index (χ1v) is 10.7. The number of thiazole rings is 1. The Morgan fingerprint density at radius 2 is 1.68 bits per heavy atom. The number of para-hydroxylation sites is 2. The third kappa shape index (κ3) is 4.78. The van der Waals surface area contributed by atoms with Gasteiger partial charge in [0, 0.05) is 5.69 Å². The number of hydrogen-bond acceptors (Lipinski definition) is 3. The summed E-state index contributed by atoms with van der Waals surface area (Å²) >= 11 is 1.71. The maximum atomic E-state index is 12.8. The highest BCUT2D eigenvalue weighted by molar-refractivity contribution is 7.18. The Morgan fingerprint density at radius 1 is 1.04 bits per heavy atom. The Kier molecular flexibility index (Phi) is 6.47. The molecule has 3 aromatic rings. The van der Waals surface area contributed by atoms with Gasteiger partial charge in [0.15, 0.2) is 6.54 Å².